The van der Waals surface area contributed by atoms with E-state index in [-0.39, 0.29) is 4.90 Å². The number of nitrogens with two attached hydrogens (primary N) is 1. The topological polar surface area (TPSA) is 80.4 Å². The largest absolute Gasteiger partial charge is 0.405 e. The third kappa shape index (κ3) is 5.00. The maximum atomic E-state index is 10.4. The molecular weight excluding hydrogens is 190 g/mol. The first kappa shape index (κ1) is 11.7. The summed E-state index contributed by atoms with van der Waals surface area (Å²) in [5, 5.41) is 0. The van der Waals surface area contributed by atoms with E-state index >= 15 is 0 Å². The van der Waals surface area contributed by atoms with E-state index in [9.17, 15) is 8.42 Å². The average molecular weight is 201 g/mol. The molecule has 0 saturated carbocycles. The smallest absolute Gasteiger partial charge is 0.294 e. The van der Waals surface area contributed by atoms with Gasteiger partial charge in [0.1, 0.15) is 0 Å². The maximum Gasteiger partial charge on any atom is 0.294 e. The van der Waals surface area contributed by atoms with Crippen molar-refractivity contribution >= 4 is 10.1 Å². The Kier molecular flexibility index (Phi) is 4.79. The fourth-order valence-electron chi connectivity index (χ4n) is 0.592. The molecule has 0 radical (unpaired) electrons. The van der Waals surface area contributed by atoms with Gasteiger partial charge < -0.3 is 5.73 Å². The highest BCUT2D eigenvalue weighted by Gasteiger charge is 2.05. The van der Waals surface area contributed by atoms with Crippen LogP contribution in [0.2, 0.25) is 0 Å². The van der Waals surface area contributed by atoms with Crippen LogP contribution in [0.5, 0.6) is 0 Å². The van der Waals surface area contributed by atoms with Gasteiger partial charge in [0.05, 0.1) is 4.90 Å². The third-order valence-electron chi connectivity index (χ3n) is 1.04. The van der Waals surface area contributed by atoms with Gasteiger partial charge >= 0.3 is 0 Å². The third-order valence-corrected chi connectivity index (χ3v) is 1.91. The summed E-state index contributed by atoms with van der Waals surface area (Å²) < 4.78 is 29.2. The molecule has 3 N–H and O–H groups in total. The number of hydrogen-bond donors (Lipinski definition) is 2. The Morgan fingerprint density at radius 3 is 1.92 bits per heavy atom. The molecule has 4 nitrogen and oxygen atoms in total. The molecule has 0 bridgehead atoms. The summed E-state index contributed by atoms with van der Waals surface area (Å²) in [4.78, 5) is -0.0741. The van der Waals surface area contributed by atoms with Crippen LogP contribution in [0.3, 0.4) is 0 Å². The Hall–Kier alpha value is -1.33. The van der Waals surface area contributed by atoms with Crippen LogP contribution < -0.4 is 5.73 Å². The van der Waals surface area contributed by atoms with Crippen LogP contribution in [0.25, 0.3) is 0 Å². The van der Waals surface area contributed by atoms with Crippen LogP contribution >= 0.6 is 0 Å². The van der Waals surface area contributed by atoms with Crippen molar-refractivity contribution in [2.75, 3.05) is 0 Å². The van der Waals surface area contributed by atoms with Gasteiger partial charge in [0, 0.05) is 0 Å². The molecule has 72 valence electrons. The first-order valence-corrected chi connectivity index (χ1v) is 4.81. The molecule has 0 atom stereocenters. The second-order valence-corrected chi connectivity index (χ2v) is 3.45. The van der Waals surface area contributed by atoms with Gasteiger partial charge in [-0.1, -0.05) is 24.8 Å². The predicted molar refractivity (Wildman–Crippen MR) is 50.6 cm³/mol. The lowest BCUT2D eigenvalue weighted by molar-refractivity contribution is 0.483. The molecule has 5 heteroatoms. The van der Waals surface area contributed by atoms with Crippen molar-refractivity contribution in [3.63, 3.8) is 0 Å². The van der Waals surface area contributed by atoms with Crippen molar-refractivity contribution < 1.29 is 13.0 Å². The highest BCUT2D eigenvalue weighted by Crippen LogP contribution is 2.05. The van der Waals surface area contributed by atoms with Gasteiger partial charge in [0.25, 0.3) is 10.1 Å². The molecule has 1 rings (SSSR count). The summed E-state index contributed by atoms with van der Waals surface area (Å²) in [6.45, 7) is 3.14. The van der Waals surface area contributed by atoms with Crippen LogP contribution in [0.1, 0.15) is 0 Å². The van der Waals surface area contributed by atoms with Gasteiger partial charge in [0.15, 0.2) is 0 Å². The van der Waals surface area contributed by atoms with Crippen molar-refractivity contribution in [3.8, 4) is 0 Å². The second kappa shape index (κ2) is 5.34. The molecule has 0 aromatic heterocycles. The maximum absolute atomic E-state index is 10.4. The quantitative estimate of drug-likeness (QED) is 0.665. The van der Waals surface area contributed by atoms with Gasteiger partial charge in [0.2, 0.25) is 0 Å². The summed E-state index contributed by atoms with van der Waals surface area (Å²) in [6, 6.07) is 7.42. The Labute approximate surface area is 77.4 Å². The van der Waals surface area contributed by atoms with Gasteiger partial charge in [-0.2, -0.15) is 8.42 Å². The Balaban J connectivity index is 0.000000424. The zero-order chi connectivity index (χ0) is 10.3. The van der Waals surface area contributed by atoms with Crippen molar-refractivity contribution in [1.29, 1.82) is 0 Å². The van der Waals surface area contributed by atoms with Crippen molar-refractivity contribution in [3.05, 3.63) is 43.1 Å². The SMILES string of the molecule is C=CN.O=S(=O)(O)c1ccccc1. The van der Waals surface area contributed by atoms with E-state index in [1.165, 1.54) is 18.3 Å². The Morgan fingerprint density at radius 2 is 1.69 bits per heavy atom. The lowest BCUT2D eigenvalue weighted by Crippen LogP contribution is -1.96. The number of rotatable bonds is 1. The molecule has 0 saturated heterocycles. The highest BCUT2D eigenvalue weighted by molar-refractivity contribution is 7.85. The van der Waals surface area contributed by atoms with E-state index in [1.807, 2.05) is 0 Å². The first-order valence-electron chi connectivity index (χ1n) is 3.37. The van der Waals surface area contributed by atoms with Gasteiger partial charge in [-0.15, -0.1) is 0 Å². The zero-order valence-electron chi connectivity index (χ0n) is 6.92. The molecule has 1 aromatic carbocycles. The molecule has 0 aliphatic rings. The highest BCUT2D eigenvalue weighted by atomic mass is 32.2. The standard InChI is InChI=1S/C6H6O3S.C2H5N/c7-10(8,9)6-4-2-1-3-5-6;1-2-3/h1-5H,(H,7,8,9);2H,1,3H2. The molecule has 0 unspecified atom stereocenters. The normalized spacial score (nSPS) is 9.62. The van der Waals surface area contributed by atoms with E-state index in [4.69, 9.17) is 4.55 Å². The summed E-state index contributed by atoms with van der Waals surface area (Å²) in [6.07, 6.45) is 1.25. The molecule has 0 heterocycles. The molecular formula is C8H11NO3S. The minimum Gasteiger partial charge on any atom is -0.405 e. The van der Waals surface area contributed by atoms with Gasteiger partial charge in [-0.05, 0) is 18.3 Å². The van der Waals surface area contributed by atoms with Crippen LogP contribution in [-0.4, -0.2) is 13.0 Å². The molecule has 1 aromatic rings. The average Bonchev–Trinajstić information content (AvgIpc) is 2.06. The zero-order valence-corrected chi connectivity index (χ0v) is 7.74. The van der Waals surface area contributed by atoms with Gasteiger partial charge in [-0.3, -0.25) is 4.55 Å². The minimum atomic E-state index is -4.00. The molecule has 0 aliphatic heterocycles. The molecule has 0 amide bonds. The fraction of sp³-hybridized carbons (Fsp3) is 0. The second-order valence-electron chi connectivity index (χ2n) is 2.02. The van der Waals surface area contributed by atoms with E-state index < -0.39 is 10.1 Å². The van der Waals surface area contributed by atoms with E-state index in [2.05, 4.69) is 12.3 Å². The summed E-state index contributed by atoms with van der Waals surface area (Å²) in [5.74, 6) is 0. The lowest BCUT2D eigenvalue weighted by atomic mass is 10.4. The van der Waals surface area contributed by atoms with Crippen LogP contribution in [-0.2, 0) is 10.1 Å². The van der Waals surface area contributed by atoms with Crippen molar-refractivity contribution in [1.82, 2.24) is 0 Å². The van der Waals surface area contributed by atoms with Crippen molar-refractivity contribution in [2.24, 2.45) is 5.73 Å². The molecule has 0 aliphatic carbocycles. The van der Waals surface area contributed by atoms with Crippen LogP contribution in [0, 0.1) is 0 Å². The Bertz CT molecular complexity index is 345. The summed E-state index contributed by atoms with van der Waals surface area (Å²) in [7, 11) is -4.00. The Morgan fingerprint density at radius 1 is 1.31 bits per heavy atom. The number of hydrogen-bond acceptors (Lipinski definition) is 3. The molecule has 0 fully saturated rings. The monoisotopic (exact) mass is 201 g/mol. The minimum absolute atomic E-state index is 0.0741. The first-order chi connectivity index (χ1) is 6.02. The number of benzene rings is 1. The van der Waals surface area contributed by atoms with Crippen molar-refractivity contribution in [2.45, 2.75) is 4.90 Å². The molecule has 13 heavy (non-hydrogen) atoms. The molecule has 0 spiro atoms. The van der Waals surface area contributed by atoms with Gasteiger partial charge in [-0.25, -0.2) is 0 Å². The van der Waals surface area contributed by atoms with E-state index in [0.717, 1.165) is 0 Å². The van der Waals surface area contributed by atoms with Crippen LogP contribution in [0.15, 0.2) is 48.0 Å². The fourth-order valence-corrected chi connectivity index (χ4v) is 1.09. The van der Waals surface area contributed by atoms with E-state index in [1.54, 1.807) is 18.2 Å². The lowest BCUT2D eigenvalue weighted by Gasteiger charge is -1.92. The van der Waals surface area contributed by atoms with Crippen LogP contribution in [0.4, 0.5) is 0 Å². The van der Waals surface area contributed by atoms with E-state index in [0.29, 0.717) is 0 Å². The predicted octanol–water partition coefficient (Wildman–Crippen LogP) is 1.02. The summed E-state index contributed by atoms with van der Waals surface area (Å²) in [5.41, 5.74) is 4.61. The summed E-state index contributed by atoms with van der Waals surface area (Å²) >= 11 is 0.